The fourth-order valence-corrected chi connectivity index (χ4v) is 3.61. The maximum absolute atomic E-state index is 13.4. The molecular weight excluding hydrogens is 436 g/mol. The number of para-hydroxylation sites is 2. The van der Waals surface area contributed by atoms with Gasteiger partial charge in [0.2, 0.25) is 0 Å². The number of methoxy groups -OCH3 is 1. The lowest BCUT2D eigenvalue weighted by Gasteiger charge is -2.25. The van der Waals surface area contributed by atoms with E-state index in [-0.39, 0.29) is 24.7 Å². The summed E-state index contributed by atoms with van der Waals surface area (Å²) in [5.41, 5.74) is 6.39. The Hall–Kier alpha value is -4.01. The van der Waals surface area contributed by atoms with Gasteiger partial charge >= 0.3 is 5.69 Å². The Morgan fingerprint density at radius 3 is 2.44 bits per heavy atom. The highest BCUT2D eigenvalue weighted by atomic mass is 16.5. The van der Waals surface area contributed by atoms with E-state index in [2.05, 4.69) is 4.98 Å². The summed E-state index contributed by atoms with van der Waals surface area (Å²) >= 11 is 0. The number of unbranched alkanes of at least 4 members (excludes halogenated alkanes) is 1. The lowest BCUT2D eigenvalue weighted by molar-refractivity contribution is -0.120. The molecule has 0 atom stereocenters. The van der Waals surface area contributed by atoms with Crippen molar-refractivity contribution in [3.63, 3.8) is 0 Å². The minimum absolute atomic E-state index is 0.000754. The predicted molar refractivity (Wildman–Crippen MR) is 132 cm³/mol. The molecule has 34 heavy (non-hydrogen) atoms. The molecule has 3 aromatic rings. The molecule has 0 saturated heterocycles. The van der Waals surface area contributed by atoms with Gasteiger partial charge in [-0.15, -0.1) is 0 Å². The van der Waals surface area contributed by atoms with Crippen molar-refractivity contribution < 1.29 is 14.3 Å². The van der Waals surface area contributed by atoms with Crippen molar-refractivity contribution in [3.05, 3.63) is 80.5 Å². The second-order valence-electron chi connectivity index (χ2n) is 7.84. The number of hydrogen-bond donors (Lipinski definition) is 2. The monoisotopic (exact) mass is 466 g/mol. The third kappa shape index (κ3) is 5.48. The zero-order valence-corrected chi connectivity index (χ0v) is 19.7. The van der Waals surface area contributed by atoms with E-state index in [1.807, 2.05) is 38.1 Å². The van der Waals surface area contributed by atoms with Crippen LogP contribution in [0.4, 0.5) is 11.5 Å². The number of carbonyl (C=O) groups excluding carboxylic acids is 1. The number of amides is 1. The summed E-state index contributed by atoms with van der Waals surface area (Å²) in [7, 11) is 1.53. The fourth-order valence-electron chi connectivity index (χ4n) is 3.61. The van der Waals surface area contributed by atoms with Gasteiger partial charge in [0.25, 0.3) is 11.5 Å². The van der Waals surface area contributed by atoms with Crippen LogP contribution in [0.2, 0.25) is 0 Å². The lowest BCUT2D eigenvalue weighted by atomic mass is 10.1. The number of nitrogen functional groups attached to an aromatic ring is 1. The number of rotatable bonds is 10. The van der Waals surface area contributed by atoms with E-state index in [9.17, 15) is 14.4 Å². The molecule has 0 fully saturated rings. The van der Waals surface area contributed by atoms with Crippen LogP contribution >= 0.6 is 0 Å². The van der Waals surface area contributed by atoms with E-state index in [0.29, 0.717) is 30.0 Å². The molecular formula is C25H30N4O5. The van der Waals surface area contributed by atoms with Gasteiger partial charge in [-0.3, -0.25) is 24.0 Å². The standard InChI is InChI=1S/C25H30N4O5/c1-4-5-14-28-23(26)22(24(31)27-25(28)32)29(15-18-11-7-9-13-20(18)33-3)21(30)16-34-19-12-8-6-10-17(19)2/h6-13H,4-5,14-16,26H2,1-3H3,(H,27,31,32). The van der Waals surface area contributed by atoms with Crippen LogP contribution in [0.15, 0.2) is 58.1 Å². The summed E-state index contributed by atoms with van der Waals surface area (Å²) in [6.07, 6.45) is 1.51. The lowest BCUT2D eigenvalue weighted by Crippen LogP contribution is -2.42. The number of aryl methyl sites for hydroxylation is 1. The first-order chi connectivity index (χ1) is 16.4. The number of nitrogens with one attached hydrogen (secondary N) is 1. The van der Waals surface area contributed by atoms with E-state index in [0.717, 1.165) is 12.0 Å². The first-order valence-corrected chi connectivity index (χ1v) is 11.1. The number of benzene rings is 2. The molecule has 9 nitrogen and oxygen atoms in total. The molecule has 9 heteroatoms. The Bertz CT molecular complexity index is 1260. The van der Waals surface area contributed by atoms with Crippen molar-refractivity contribution in [1.82, 2.24) is 9.55 Å². The van der Waals surface area contributed by atoms with Gasteiger partial charge in [0.1, 0.15) is 17.3 Å². The minimum Gasteiger partial charge on any atom is -0.496 e. The Morgan fingerprint density at radius 2 is 1.76 bits per heavy atom. The highest BCUT2D eigenvalue weighted by Gasteiger charge is 2.26. The molecule has 3 rings (SSSR count). The van der Waals surface area contributed by atoms with Crippen molar-refractivity contribution >= 4 is 17.4 Å². The smallest absolute Gasteiger partial charge is 0.330 e. The van der Waals surface area contributed by atoms with E-state index < -0.39 is 17.2 Å². The second kappa shape index (κ2) is 11.2. The molecule has 0 aliphatic rings. The third-order valence-electron chi connectivity index (χ3n) is 5.49. The number of nitrogens with zero attached hydrogens (tertiary/aromatic N) is 2. The number of aromatic nitrogens is 2. The Morgan fingerprint density at radius 1 is 1.09 bits per heavy atom. The van der Waals surface area contributed by atoms with Gasteiger partial charge in [0.05, 0.1) is 13.7 Å². The van der Waals surface area contributed by atoms with E-state index in [1.54, 1.807) is 24.3 Å². The predicted octanol–water partition coefficient (Wildman–Crippen LogP) is 2.85. The van der Waals surface area contributed by atoms with Crippen LogP contribution in [-0.2, 0) is 17.9 Å². The van der Waals surface area contributed by atoms with Crippen LogP contribution in [0, 0.1) is 6.92 Å². The first kappa shape index (κ1) is 24.6. The largest absolute Gasteiger partial charge is 0.496 e. The maximum Gasteiger partial charge on any atom is 0.330 e. The van der Waals surface area contributed by atoms with Crippen molar-refractivity contribution in [2.75, 3.05) is 24.4 Å². The van der Waals surface area contributed by atoms with Gasteiger partial charge in [-0.25, -0.2) is 4.79 Å². The van der Waals surface area contributed by atoms with E-state index in [4.69, 9.17) is 15.2 Å². The van der Waals surface area contributed by atoms with Crippen molar-refractivity contribution in [3.8, 4) is 11.5 Å². The Balaban J connectivity index is 2.04. The van der Waals surface area contributed by atoms with Crippen molar-refractivity contribution in [2.24, 2.45) is 0 Å². The number of carbonyl (C=O) groups is 1. The molecule has 0 bridgehead atoms. The molecule has 0 saturated carbocycles. The van der Waals surface area contributed by atoms with Gasteiger partial charge in [0, 0.05) is 12.1 Å². The van der Waals surface area contributed by atoms with Gasteiger partial charge in [-0.05, 0) is 31.0 Å². The topological polar surface area (TPSA) is 120 Å². The number of H-pyrrole nitrogens is 1. The van der Waals surface area contributed by atoms with Gasteiger partial charge in [0.15, 0.2) is 12.3 Å². The quantitative estimate of drug-likeness (QED) is 0.474. The SMILES string of the molecule is CCCCn1c(N)c(N(Cc2ccccc2OC)C(=O)COc2ccccc2C)c(=O)[nH]c1=O. The highest BCUT2D eigenvalue weighted by molar-refractivity contribution is 5.96. The third-order valence-corrected chi connectivity index (χ3v) is 5.49. The Kier molecular flexibility index (Phi) is 8.13. The first-order valence-electron chi connectivity index (χ1n) is 11.1. The molecule has 3 N–H and O–H groups in total. The average molecular weight is 467 g/mol. The minimum atomic E-state index is -0.741. The van der Waals surface area contributed by atoms with Crippen molar-refractivity contribution in [2.45, 2.75) is 39.8 Å². The van der Waals surface area contributed by atoms with Crippen LogP contribution < -0.4 is 31.4 Å². The average Bonchev–Trinajstić information content (AvgIpc) is 2.82. The van der Waals surface area contributed by atoms with E-state index in [1.165, 1.54) is 16.6 Å². The number of ether oxygens (including phenoxy) is 2. The summed E-state index contributed by atoms with van der Waals surface area (Å²) in [5, 5.41) is 0. The summed E-state index contributed by atoms with van der Waals surface area (Å²) in [4.78, 5) is 42.2. The summed E-state index contributed by atoms with van der Waals surface area (Å²) in [6, 6.07) is 14.5. The number of nitrogens with two attached hydrogens (primary N) is 1. The molecule has 0 aliphatic heterocycles. The summed E-state index contributed by atoms with van der Waals surface area (Å²) in [5.74, 6) is 0.547. The molecule has 1 aromatic heterocycles. The maximum atomic E-state index is 13.4. The molecule has 1 heterocycles. The zero-order chi connectivity index (χ0) is 24.7. The second-order valence-corrected chi connectivity index (χ2v) is 7.84. The number of anilines is 2. The molecule has 0 spiro atoms. The van der Waals surface area contributed by atoms with Gasteiger partial charge in [-0.1, -0.05) is 49.7 Å². The molecule has 2 aromatic carbocycles. The van der Waals surface area contributed by atoms with Gasteiger partial charge in [-0.2, -0.15) is 0 Å². The summed E-state index contributed by atoms with van der Waals surface area (Å²) in [6.45, 7) is 3.85. The highest BCUT2D eigenvalue weighted by Crippen LogP contribution is 2.25. The van der Waals surface area contributed by atoms with Crippen LogP contribution in [0.5, 0.6) is 11.5 Å². The van der Waals surface area contributed by atoms with Crippen LogP contribution in [-0.4, -0.2) is 29.2 Å². The zero-order valence-electron chi connectivity index (χ0n) is 19.7. The Labute approximate surface area is 197 Å². The van der Waals surface area contributed by atoms with Gasteiger partial charge < -0.3 is 15.2 Å². The van der Waals surface area contributed by atoms with Crippen molar-refractivity contribution in [1.29, 1.82) is 0 Å². The van der Waals surface area contributed by atoms with Crippen LogP contribution in [0.1, 0.15) is 30.9 Å². The van der Waals surface area contributed by atoms with Crippen LogP contribution in [0.25, 0.3) is 0 Å². The molecule has 0 radical (unpaired) electrons. The fraction of sp³-hybridized carbons (Fsp3) is 0.320. The normalized spacial score (nSPS) is 10.7. The molecule has 180 valence electrons. The van der Waals surface area contributed by atoms with Crippen LogP contribution in [0.3, 0.4) is 0 Å². The summed E-state index contributed by atoms with van der Waals surface area (Å²) < 4.78 is 12.5. The molecule has 1 amide bonds. The number of hydrogen-bond acceptors (Lipinski definition) is 6. The molecule has 0 unspecified atom stereocenters. The molecule has 0 aliphatic carbocycles. The number of aromatic amines is 1. The van der Waals surface area contributed by atoms with E-state index >= 15 is 0 Å².